The highest BCUT2D eigenvalue weighted by Gasteiger charge is 2.39. The molecule has 0 saturated carbocycles. The maximum atomic E-state index is 12.8. The molecule has 0 spiro atoms. The monoisotopic (exact) mass is 382 g/mol. The van der Waals surface area contributed by atoms with E-state index in [9.17, 15) is 8.42 Å². The molecule has 2 rings (SSSR count). The predicted octanol–water partition coefficient (Wildman–Crippen LogP) is 3.84. The molecular weight excluding hydrogens is 348 g/mol. The molecule has 0 aliphatic carbocycles. The summed E-state index contributed by atoms with van der Waals surface area (Å²) in [6.07, 6.45) is 4.82. The third-order valence-electron chi connectivity index (χ3n) is 4.66. The molecule has 1 saturated heterocycles. The highest BCUT2D eigenvalue weighted by Crippen LogP contribution is 2.29. The van der Waals surface area contributed by atoms with E-state index in [1.807, 2.05) is 0 Å². The molecule has 1 aromatic rings. The summed E-state index contributed by atoms with van der Waals surface area (Å²) in [5, 5.41) is 3.57. The van der Waals surface area contributed by atoms with E-state index in [0.29, 0.717) is 12.4 Å². The Kier molecular flexibility index (Phi) is 6.75. The maximum absolute atomic E-state index is 12.8. The molecule has 1 aromatic carbocycles. The van der Waals surface area contributed by atoms with Crippen LogP contribution in [0.25, 0.3) is 0 Å². The normalized spacial score (nSPS) is 20.0. The number of piperidine rings is 1. The first-order valence-electron chi connectivity index (χ1n) is 9.58. The van der Waals surface area contributed by atoms with Crippen molar-refractivity contribution in [3.63, 3.8) is 0 Å². The van der Waals surface area contributed by atoms with Crippen LogP contribution in [0.15, 0.2) is 29.2 Å². The van der Waals surface area contributed by atoms with Gasteiger partial charge < -0.3 is 10.1 Å². The lowest BCUT2D eigenvalue weighted by molar-refractivity contribution is 0.157. The van der Waals surface area contributed by atoms with Crippen LogP contribution in [0.3, 0.4) is 0 Å². The lowest BCUT2D eigenvalue weighted by Crippen LogP contribution is -2.62. The minimum Gasteiger partial charge on any atom is -0.494 e. The van der Waals surface area contributed by atoms with Crippen LogP contribution in [0.2, 0.25) is 0 Å². The largest absolute Gasteiger partial charge is 0.494 e. The second kappa shape index (κ2) is 8.28. The fourth-order valence-electron chi connectivity index (χ4n) is 3.95. The fourth-order valence-corrected chi connectivity index (χ4v) is 5.19. The first-order chi connectivity index (χ1) is 12.0. The number of unbranched alkanes of at least 4 members (excludes halogenated alkanes) is 2. The van der Waals surface area contributed by atoms with Gasteiger partial charge in [-0.3, -0.25) is 0 Å². The van der Waals surface area contributed by atoms with Crippen molar-refractivity contribution in [3.8, 4) is 5.75 Å². The SMILES string of the molecule is CCCCCOc1ccc(S(=O)(=O)NC2CC(C)(C)NC(C)(C)C2)cc1. The summed E-state index contributed by atoms with van der Waals surface area (Å²) in [5.41, 5.74) is -0.212. The average molecular weight is 383 g/mol. The first-order valence-corrected chi connectivity index (χ1v) is 11.1. The third-order valence-corrected chi connectivity index (χ3v) is 6.20. The molecule has 0 radical (unpaired) electrons. The lowest BCUT2D eigenvalue weighted by atomic mass is 9.80. The van der Waals surface area contributed by atoms with Gasteiger partial charge in [-0.1, -0.05) is 19.8 Å². The van der Waals surface area contributed by atoms with Gasteiger partial charge in [0.05, 0.1) is 11.5 Å². The van der Waals surface area contributed by atoms with Crippen LogP contribution in [0.5, 0.6) is 5.75 Å². The van der Waals surface area contributed by atoms with Gasteiger partial charge in [-0.15, -0.1) is 0 Å². The van der Waals surface area contributed by atoms with Crippen LogP contribution in [0.1, 0.15) is 66.7 Å². The summed E-state index contributed by atoms with van der Waals surface area (Å²) >= 11 is 0. The third kappa shape index (κ3) is 6.25. The molecule has 1 heterocycles. The minimum atomic E-state index is -3.54. The zero-order chi connectivity index (χ0) is 19.4. The molecule has 0 unspecified atom stereocenters. The highest BCUT2D eigenvalue weighted by molar-refractivity contribution is 7.89. The summed E-state index contributed by atoms with van der Waals surface area (Å²) in [7, 11) is -3.54. The van der Waals surface area contributed by atoms with Gasteiger partial charge in [-0.25, -0.2) is 13.1 Å². The van der Waals surface area contributed by atoms with Gasteiger partial charge in [0.1, 0.15) is 5.75 Å². The molecule has 1 fully saturated rings. The quantitative estimate of drug-likeness (QED) is 0.670. The van der Waals surface area contributed by atoms with E-state index < -0.39 is 10.0 Å². The van der Waals surface area contributed by atoms with Crippen LogP contribution in [0, 0.1) is 0 Å². The zero-order valence-electron chi connectivity index (χ0n) is 16.8. The van der Waals surface area contributed by atoms with Crippen molar-refractivity contribution in [3.05, 3.63) is 24.3 Å². The number of benzene rings is 1. The smallest absolute Gasteiger partial charge is 0.240 e. The standard InChI is InChI=1S/C20H34N2O3S/c1-6-7-8-13-25-17-9-11-18(12-10-17)26(23,24)21-16-14-19(2,3)22-20(4,5)15-16/h9-12,16,21-22H,6-8,13-15H2,1-5H3. The Bertz CT molecular complexity index is 666. The van der Waals surface area contributed by atoms with Crippen LogP contribution in [0.4, 0.5) is 0 Å². The maximum Gasteiger partial charge on any atom is 0.240 e. The first kappa shape index (κ1) is 21.2. The molecule has 0 bridgehead atoms. The Morgan fingerprint density at radius 2 is 1.65 bits per heavy atom. The van der Waals surface area contributed by atoms with E-state index >= 15 is 0 Å². The Morgan fingerprint density at radius 3 is 2.19 bits per heavy atom. The number of nitrogens with one attached hydrogen (secondary N) is 2. The van der Waals surface area contributed by atoms with Crippen molar-refractivity contribution < 1.29 is 13.2 Å². The van der Waals surface area contributed by atoms with Crippen LogP contribution in [-0.2, 0) is 10.0 Å². The molecule has 5 nitrogen and oxygen atoms in total. The van der Waals surface area contributed by atoms with E-state index in [2.05, 4.69) is 44.7 Å². The van der Waals surface area contributed by atoms with E-state index in [1.165, 1.54) is 0 Å². The van der Waals surface area contributed by atoms with E-state index in [1.54, 1.807) is 24.3 Å². The van der Waals surface area contributed by atoms with E-state index in [4.69, 9.17) is 4.74 Å². The van der Waals surface area contributed by atoms with Gasteiger partial charge in [0, 0.05) is 17.1 Å². The molecule has 0 aromatic heterocycles. The van der Waals surface area contributed by atoms with Crippen molar-refractivity contribution in [2.75, 3.05) is 6.61 Å². The van der Waals surface area contributed by atoms with Crippen molar-refractivity contribution in [2.45, 2.75) is 88.7 Å². The summed E-state index contributed by atoms with van der Waals surface area (Å²) in [4.78, 5) is 0.285. The Balaban J connectivity index is 2.01. The van der Waals surface area contributed by atoms with Gasteiger partial charge in [0.2, 0.25) is 10.0 Å². The lowest BCUT2D eigenvalue weighted by Gasteiger charge is -2.46. The van der Waals surface area contributed by atoms with Crippen LogP contribution in [-0.4, -0.2) is 32.1 Å². The number of rotatable bonds is 8. The van der Waals surface area contributed by atoms with E-state index in [0.717, 1.165) is 32.1 Å². The fraction of sp³-hybridized carbons (Fsp3) is 0.700. The van der Waals surface area contributed by atoms with Gasteiger partial charge in [-0.2, -0.15) is 0 Å². The second-order valence-electron chi connectivity index (χ2n) is 8.65. The molecule has 148 valence electrons. The Hall–Kier alpha value is -1.11. The van der Waals surface area contributed by atoms with Gasteiger partial charge in [-0.05, 0) is 71.2 Å². The summed E-state index contributed by atoms with van der Waals surface area (Å²) < 4.78 is 34.1. The van der Waals surface area contributed by atoms with Crippen molar-refractivity contribution in [2.24, 2.45) is 0 Å². The van der Waals surface area contributed by atoms with Gasteiger partial charge in [0.15, 0.2) is 0 Å². The van der Waals surface area contributed by atoms with Crippen molar-refractivity contribution in [1.29, 1.82) is 0 Å². The number of hydrogen-bond donors (Lipinski definition) is 2. The second-order valence-corrected chi connectivity index (χ2v) is 10.4. The van der Waals surface area contributed by atoms with Crippen molar-refractivity contribution in [1.82, 2.24) is 10.0 Å². The van der Waals surface area contributed by atoms with Crippen LogP contribution < -0.4 is 14.8 Å². The number of sulfonamides is 1. The van der Waals surface area contributed by atoms with Crippen LogP contribution >= 0.6 is 0 Å². The molecule has 26 heavy (non-hydrogen) atoms. The summed E-state index contributed by atoms with van der Waals surface area (Å²) in [6, 6.07) is 6.62. The summed E-state index contributed by atoms with van der Waals surface area (Å²) in [5.74, 6) is 0.712. The van der Waals surface area contributed by atoms with Gasteiger partial charge >= 0.3 is 0 Å². The van der Waals surface area contributed by atoms with E-state index in [-0.39, 0.29) is 22.0 Å². The Morgan fingerprint density at radius 1 is 1.08 bits per heavy atom. The average Bonchev–Trinajstić information content (AvgIpc) is 2.48. The topological polar surface area (TPSA) is 67.4 Å². The number of hydrogen-bond acceptors (Lipinski definition) is 4. The predicted molar refractivity (Wildman–Crippen MR) is 106 cm³/mol. The highest BCUT2D eigenvalue weighted by atomic mass is 32.2. The molecule has 0 amide bonds. The van der Waals surface area contributed by atoms with Gasteiger partial charge in [0.25, 0.3) is 0 Å². The molecule has 6 heteroatoms. The summed E-state index contributed by atoms with van der Waals surface area (Å²) in [6.45, 7) is 11.3. The molecule has 1 aliphatic rings. The molecule has 2 N–H and O–H groups in total. The number of ether oxygens (including phenoxy) is 1. The van der Waals surface area contributed by atoms with Crippen molar-refractivity contribution >= 4 is 10.0 Å². The zero-order valence-corrected chi connectivity index (χ0v) is 17.6. The Labute approximate surface area is 159 Å². The molecule has 0 atom stereocenters. The molecule has 1 aliphatic heterocycles. The molecular formula is C20H34N2O3S. The minimum absolute atomic E-state index is 0.0868.